The average molecular weight is 438 g/mol. The molecule has 0 bridgehead atoms. The van der Waals surface area contributed by atoms with Gasteiger partial charge in [0.25, 0.3) is 0 Å². The molecule has 1 amide bonds. The molecule has 4 rings (SSSR count). The maximum Gasteiger partial charge on any atom is 0.238 e. The number of aromatic nitrogens is 4. The summed E-state index contributed by atoms with van der Waals surface area (Å²) in [6.07, 6.45) is 0.604. The number of methoxy groups -OCH3 is 2. The predicted octanol–water partition coefficient (Wildman–Crippen LogP) is 4.11. The Morgan fingerprint density at radius 3 is 2.71 bits per heavy atom. The van der Waals surface area contributed by atoms with Crippen LogP contribution in [0.2, 0.25) is 0 Å². The standard InChI is InChI=1S/C22H23N5O3S/c1-5-19(21(28)24-17-12-14(29-3)10-11-18(17)30-4)31-22-25-16-9-7-6-8-15(16)20-23-13(2)26-27(20)22/h6-12,19H,5H2,1-4H3,(H,24,28). The number of hydrogen-bond acceptors (Lipinski definition) is 7. The van der Waals surface area contributed by atoms with E-state index in [0.717, 1.165) is 16.6 Å². The third-order valence-corrected chi connectivity index (χ3v) is 6.14. The molecule has 31 heavy (non-hydrogen) atoms. The van der Waals surface area contributed by atoms with Gasteiger partial charge in [0.2, 0.25) is 5.91 Å². The zero-order valence-corrected chi connectivity index (χ0v) is 18.6. The Kier molecular flexibility index (Phi) is 5.94. The smallest absolute Gasteiger partial charge is 0.238 e. The van der Waals surface area contributed by atoms with Crippen LogP contribution in [0.25, 0.3) is 16.6 Å². The first-order valence-electron chi connectivity index (χ1n) is 9.85. The molecule has 2 heterocycles. The van der Waals surface area contributed by atoms with Gasteiger partial charge in [-0.1, -0.05) is 30.8 Å². The van der Waals surface area contributed by atoms with Crippen molar-refractivity contribution < 1.29 is 14.3 Å². The normalized spacial score (nSPS) is 12.1. The van der Waals surface area contributed by atoms with Crippen LogP contribution in [0.5, 0.6) is 11.5 Å². The number of carbonyl (C=O) groups is 1. The Bertz CT molecular complexity index is 1260. The van der Waals surface area contributed by atoms with Crippen molar-refractivity contribution in [3.05, 3.63) is 48.3 Å². The minimum Gasteiger partial charge on any atom is -0.497 e. The molecule has 2 aromatic carbocycles. The molecule has 0 fully saturated rings. The molecular weight excluding hydrogens is 414 g/mol. The second-order valence-electron chi connectivity index (χ2n) is 6.88. The monoisotopic (exact) mass is 437 g/mol. The summed E-state index contributed by atoms with van der Waals surface area (Å²) in [5.41, 5.74) is 2.10. The van der Waals surface area contributed by atoms with Crippen LogP contribution in [0.3, 0.4) is 0 Å². The van der Waals surface area contributed by atoms with E-state index in [4.69, 9.17) is 14.5 Å². The van der Waals surface area contributed by atoms with E-state index in [2.05, 4.69) is 15.4 Å². The minimum atomic E-state index is -0.391. The largest absolute Gasteiger partial charge is 0.497 e. The van der Waals surface area contributed by atoms with E-state index in [9.17, 15) is 4.79 Å². The minimum absolute atomic E-state index is 0.154. The molecule has 160 valence electrons. The van der Waals surface area contributed by atoms with Crippen LogP contribution in [0, 0.1) is 6.92 Å². The van der Waals surface area contributed by atoms with Crippen molar-refractivity contribution in [1.82, 2.24) is 19.6 Å². The summed E-state index contributed by atoms with van der Waals surface area (Å²) in [7, 11) is 3.14. The highest BCUT2D eigenvalue weighted by atomic mass is 32.2. The molecule has 1 unspecified atom stereocenters. The number of para-hydroxylation sites is 1. The summed E-state index contributed by atoms with van der Waals surface area (Å²) in [6, 6.07) is 13.1. The molecule has 0 aliphatic heterocycles. The Hall–Kier alpha value is -3.33. The quantitative estimate of drug-likeness (QED) is 0.344. The lowest BCUT2D eigenvalue weighted by Gasteiger charge is -2.17. The molecule has 2 aromatic heterocycles. The average Bonchev–Trinajstić information content (AvgIpc) is 3.19. The summed E-state index contributed by atoms with van der Waals surface area (Å²) >= 11 is 1.36. The molecule has 8 nitrogen and oxygen atoms in total. The highest BCUT2D eigenvalue weighted by molar-refractivity contribution is 8.00. The molecule has 0 spiro atoms. The molecule has 0 aliphatic carbocycles. The Labute approximate surface area is 184 Å². The highest BCUT2D eigenvalue weighted by Gasteiger charge is 2.23. The fourth-order valence-electron chi connectivity index (χ4n) is 3.28. The van der Waals surface area contributed by atoms with E-state index in [1.54, 1.807) is 36.9 Å². The number of amides is 1. The van der Waals surface area contributed by atoms with E-state index in [-0.39, 0.29) is 5.91 Å². The molecule has 4 aromatic rings. The van der Waals surface area contributed by atoms with Crippen molar-refractivity contribution in [3.8, 4) is 11.5 Å². The zero-order chi connectivity index (χ0) is 22.0. The third-order valence-electron chi connectivity index (χ3n) is 4.83. The van der Waals surface area contributed by atoms with Crippen molar-refractivity contribution in [2.75, 3.05) is 19.5 Å². The van der Waals surface area contributed by atoms with Crippen LogP contribution < -0.4 is 14.8 Å². The molecular formula is C22H23N5O3S. The van der Waals surface area contributed by atoms with E-state index in [1.165, 1.54) is 11.8 Å². The van der Waals surface area contributed by atoms with Crippen LogP contribution in [0.4, 0.5) is 5.69 Å². The fourth-order valence-corrected chi connectivity index (χ4v) is 4.25. The molecule has 1 atom stereocenters. The maximum atomic E-state index is 13.1. The van der Waals surface area contributed by atoms with Crippen LogP contribution in [0.15, 0.2) is 47.6 Å². The summed E-state index contributed by atoms with van der Waals surface area (Å²) in [6.45, 7) is 3.81. The van der Waals surface area contributed by atoms with Crippen LogP contribution in [-0.4, -0.2) is 45.0 Å². The summed E-state index contributed by atoms with van der Waals surface area (Å²) < 4.78 is 12.4. The number of nitrogens with zero attached hydrogens (tertiary/aromatic N) is 4. The van der Waals surface area contributed by atoms with Gasteiger partial charge < -0.3 is 14.8 Å². The number of hydrogen-bond donors (Lipinski definition) is 1. The van der Waals surface area contributed by atoms with Gasteiger partial charge in [0.05, 0.1) is 30.7 Å². The lowest BCUT2D eigenvalue weighted by molar-refractivity contribution is -0.115. The molecule has 0 saturated heterocycles. The first-order chi connectivity index (χ1) is 15.0. The second kappa shape index (κ2) is 8.81. The van der Waals surface area contributed by atoms with Gasteiger partial charge in [0.1, 0.15) is 17.3 Å². The first kappa shape index (κ1) is 20.9. The molecule has 0 radical (unpaired) electrons. The number of nitrogens with one attached hydrogen (secondary N) is 1. The lowest BCUT2D eigenvalue weighted by Crippen LogP contribution is -2.25. The lowest BCUT2D eigenvalue weighted by atomic mass is 10.2. The first-order valence-corrected chi connectivity index (χ1v) is 10.7. The number of carbonyl (C=O) groups excluding carboxylic acids is 1. The van der Waals surface area contributed by atoms with E-state index in [1.807, 2.05) is 38.1 Å². The topological polar surface area (TPSA) is 90.6 Å². The number of benzene rings is 2. The number of ether oxygens (including phenoxy) is 2. The van der Waals surface area contributed by atoms with Gasteiger partial charge in [0, 0.05) is 11.5 Å². The van der Waals surface area contributed by atoms with Gasteiger partial charge in [-0.25, -0.2) is 9.97 Å². The van der Waals surface area contributed by atoms with Crippen molar-refractivity contribution in [2.45, 2.75) is 30.7 Å². The van der Waals surface area contributed by atoms with E-state index in [0.29, 0.717) is 34.6 Å². The van der Waals surface area contributed by atoms with Crippen LogP contribution in [-0.2, 0) is 4.79 Å². The number of aryl methyl sites for hydroxylation is 1. The summed E-state index contributed by atoms with van der Waals surface area (Å²) in [5.74, 6) is 1.69. The highest BCUT2D eigenvalue weighted by Crippen LogP contribution is 2.32. The van der Waals surface area contributed by atoms with Crippen molar-refractivity contribution in [3.63, 3.8) is 0 Å². The second-order valence-corrected chi connectivity index (χ2v) is 8.05. The molecule has 0 aliphatic rings. The maximum absolute atomic E-state index is 13.1. The van der Waals surface area contributed by atoms with Gasteiger partial charge >= 0.3 is 0 Å². The molecule has 9 heteroatoms. The van der Waals surface area contributed by atoms with Gasteiger partial charge in [0.15, 0.2) is 10.8 Å². The van der Waals surface area contributed by atoms with Crippen molar-refractivity contribution >= 4 is 39.9 Å². The SMILES string of the molecule is CCC(Sc1nc2ccccc2c2nc(C)nn12)C(=O)Nc1cc(OC)ccc1OC. The van der Waals surface area contributed by atoms with Gasteiger partial charge in [-0.05, 0) is 37.6 Å². The number of rotatable bonds is 7. The van der Waals surface area contributed by atoms with Gasteiger partial charge in [-0.15, -0.1) is 5.10 Å². The van der Waals surface area contributed by atoms with Gasteiger partial charge in [-0.2, -0.15) is 4.52 Å². The van der Waals surface area contributed by atoms with Gasteiger partial charge in [-0.3, -0.25) is 4.79 Å². The number of thioether (sulfide) groups is 1. The van der Waals surface area contributed by atoms with E-state index < -0.39 is 5.25 Å². The van der Waals surface area contributed by atoms with Crippen LogP contribution >= 0.6 is 11.8 Å². The summed E-state index contributed by atoms with van der Waals surface area (Å²) in [4.78, 5) is 22.4. The number of fused-ring (bicyclic) bond motifs is 3. The third kappa shape index (κ3) is 4.13. The zero-order valence-electron chi connectivity index (χ0n) is 17.7. The fraction of sp³-hybridized carbons (Fsp3) is 0.273. The molecule has 1 N–H and O–H groups in total. The Morgan fingerprint density at radius 1 is 1.16 bits per heavy atom. The Balaban J connectivity index is 1.66. The number of anilines is 1. The molecule has 0 saturated carbocycles. The summed E-state index contributed by atoms with van der Waals surface area (Å²) in [5, 5.41) is 8.61. The van der Waals surface area contributed by atoms with E-state index >= 15 is 0 Å². The predicted molar refractivity (Wildman–Crippen MR) is 121 cm³/mol. The van der Waals surface area contributed by atoms with Crippen molar-refractivity contribution in [1.29, 1.82) is 0 Å². The van der Waals surface area contributed by atoms with Crippen LogP contribution in [0.1, 0.15) is 19.2 Å². The van der Waals surface area contributed by atoms with Crippen molar-refractivity contribution in [2.24, 2.45) is 0 Å². The Morgan fingerprint density at radius 2 is 1.97 bits per heavy atom.